The van der Waals surface area contributed by atoms with Gasteiger partial charge in [0.2, 0.25) is 17.7 Å². The van der Waals surface area contributed by atoms with Crippen LogP contribution in [-0.4, -0.2) is 101 Å². The summed E-state index contributed by atoms with van der Waals surface area (Å²) >= 11 is 0. The number of nitrogens with one attached hydrogen (secondary N) is 1. The fraction of sp³-hybridized carbons (Fsp3) is 0.420. The molecule has 3 atom stereocenters. The number of carbonyl (C=O) groups excluding carboxylic acids is 5. The van der Waals surface area contributed by atoms with Gasteiger partial charge in [-0.1, -0.05) is 48.5 Å². The van der Waals surface area contributed by atoms with Crippen LogP contribution in [0.5, 0.6) is 5.75 Å². The Morgan fingerprint density at radius 1 is 0.672 bits per heavy atom. The number of hydrogen-bond donors (Lipinski definition) is 2. The first-order valence-corrected chi connectivity index (χ1v) is 22.2. The van der Waals surface area contributed by atoms with Gasteiger partial charge in [-0.25, -0.2) is 0 Å². The molecule has 10 rings (SSSR count). The Labute approximate surface area is 356 Å². The van der Waals surface area contributed by atoms with Gasteiger partial charge in [0.25, 0.3) is 11.8 Å². The Hall–Kier alpha value is -5.81. The van der Waals surface area contributed by atoms with E-state index in [9.17, 15) is 29.1 Å². The molecule has 1 spiro atoms. The molecule has 5 aliphatic heterocycles. The van der Waals surface area contributed by atoms with E-state index in [0.717, 1.165) is 80.7 Å². The highest BCUT2D eigenvalue weighted by molar-refractivity contribution is 6.23. The van der Waals surface area contributed by atoms with Crippen LogP contribution in [-0.2, 0) is 33.6 Å². The molecule has 314 valence electrons. The summed E-state index contributed by atoms with van der Waals surface area (Å²) in [5.41, 5.74) is 9.38. The summed E-state index contributed by atoms with van der Waals surface area (Å²) in [5, 5.41) is 12.5. The molecule has 1 unspecified atom stereocenters. The number of aryl methyl sites for hydroxylation is 1. The summed E-state index contributed by atoms with van der Waals surface area (Å²) in [4.78, 5) is 72.5. The van der Waals surface area contributed by atoms with Crippen molar-refractivity contribution in [2.24, 2.45) is 5.41 Å². The van der Waals surface area contributed by atoms with E-state index in [1.54, 1.807) is 12.1 Å². The number of fused-ring (bicyclic) bond motifs is 3. The number of anilines is 1. The van der Waals surface area contributed by atoms with E-state index in [0.29, 0.717) is 55.3 Å². The van der Waals surface area contributed by atoms with Crippen LogP contribution in [0.1, 0.15) is 111 Å². The van der Waals surface area contributed by atoms with Crippen molar-refractivity contribution in [2.45, 2.75) is 82.1 Å². The first-order chi connectivity index (χ1) is 29.6. The molecule has 5 amide bonds. The number of imide groups is 2. The number of amides is 5. The van der Waals surface area contributed by atoms with E-state index in [1.807, 2.05) is 12.1 Å². The van der Waals surface area contributed by atoms with Gasteiger partial charge in [0, 0.05) is 57.3 Å². The Balaban J connectivity index is 0.723. The van der Waals surface area contributed by atoms with E-state index < -0.39 is 29.7 Å². The third kappa shape index (κ3) is 7.40. The molecule has 5 heterocycles. The van der Waals surface area contributed by atoms with Crippen LogP contribution in [0.3, 0.4) is 0 Å². The standard InChI is InChI=1S/C50H53N5O6/c56-38-11-13-40-36(28-38)8-12-39(32-4-2-1-3-5-32)46(40)33-6-9-37(10-7-33)53-24-18-50(19-25-53)20-26-54(27-21-50)45(58)31-52-22-16-34-29-41-42(30-35(34)17-23-52)49(61)55(48(41)60)43-14-15-44(57)51-47(43)59/h1-7,9-11,13,28-30,39,43,46,56H,8,12,14-27,31H2,(H,51,57,59)/t39-,43?,46+/m1/s1. The van der Waals surface area contributed by atoms with Crippen LogP contribution in [0.15, 0.2) is 84.9 Å². The number of carbonyl (C=O) groups is 5. The van der Waals surface area contributed by atoms with E-state index >= 15 is 0 Å². The lowest BCUT2D eigenvalue weighted by Gasteiger charge is -2.47. The summed E-state index contributed by atoms with van der Waals surface area (Å²) < 4.78 is 0. The minimum absolute atomic E-state index is 0.0881. The summed E-state index contributed by atoms with van der Waals surface area (Å²) in [5.74, 6) is -0.867. The van der Waals surface area contributed by atoms with E-state index in [4.69, 9.17) is 0 Å². The van der Waals surface area contributed by atoms with Crippen molar-refractivity contribution in [1.82, 2.24) is 20.0 Å². The fourth-order valence-electron chi connectivity index (χ4n) is 11.3. The molecule has 3 saturated heterocycles. The Morgan fingerprint density at radius 3 is 1.98 bits per heavy atom. The largest absolute Gasteiger partial charge is 0.508 e. The number of phenolic OH excluding ortho intramolecular Hbond substituents is 1. The Morgan fingerprint density at radius 2 is 1.33 bits per heavy atom. The van der Waals surface area contributed by atoms with Crippen LogP contribution < -0.4 is 10.2 Å². The van der Waals surface area contributed by atoms with E-state index in [1.165, 1.54) is 27.9 Å². The highest BCUT2D eigenvalue weighted by atomic mass is 16.3. The van der Waals surface area contributed by atoms with Gasteiger partial charge >= 0.3 is 0 Å². The van der Waals surface area contributed by atoms with Gasteiger partial charge in [0.1, 0.15) is 11.8 Å². The van der Waals surface area contributed by atoms with Gasteiger partial charge in [-0.3, -0.25) is 39.1 Å². The topological polar surface area (TPSA) is 131 Å². The minimum atomic E-state index is -0.980. The number of hydrogen-bond acceptors (Lipinski definition) is 8. The second kappa shape index (κ2) is 15.9. The first kappa shape index (κ1) is 39.3. The van der Waals surface area contributed by atoms with Crippen molar-refractivity contribution in [1.29, 1.82) is 0 Å². The number of likely N-dealkylation sites (tertiary alicyclic amines) is 1. The molecule has 11 heteroatoms. The monoisotopic (exact) mass is 819 g/mol. The number of benzene rings is 4. The third-order valence-corrected chi connectivity index (χ3v) is 14.9. The van der Waals surface area contributed by atoms with Crippen molar-refractivity contribution in [2.75, 3.05) is 50.7 Å². The van der Waals surface area contributed by atoms with E-state index in [-0.39, 0.29) is 30.1 Å². The SMILES string of the molecule is O=C1CCC(N2C(=O)c3cc4c(cc3C2=O)CCN(CC(=O)N2CCC3(CC2)CCN(c2ccc([C@@H]5c6ccc(O)cc6CC[C@@H]5c5ccccc5)cc2)CC3)CC4)C(=O)N1. The lowest BCUT2D eigenvalue weighted by molar-refractivity contribution is -0.136. The van der Waals surface area contributed by atoms with Crippen molar-refractivity contribution in [3.63, 3.8) is 0 Å². The average molecular weight is 820 g/mol. The number of phenols is 1. The number of rotatable bonds is 6. The number of aromatic hydroxyl groups is 1. The van der Waals surface area contributed by atoms with Crippen molar-refractivity contribution in [3.8, 4) is 5.75 Å². The molecular weight excluding hydrogens is 767 g/mol. The Bertz CT molecular complexity index is 2350. The van der Waals surface area contributed by atoms with Crippen LogP contribution in [0.25, 0.3) is 0 Å². The second-order valence-electron chi connectivity index (χ2n) is 18.3. The van der Waals surface area contributed by atoms with Gasteiger partial charge in [0.05, 0.1) is 17.7 Å². The number of piperidine rings is 3. The maximum Gasteiger partial charge on any atom is 0.262 e. The van der Waals surface area contributed by atoms with Gasteiger partial charge < -0.3 is 14.9 Å². The van der Waals surface area contributed by atoms with Crippen LogP contribution in [0.2, 0.25) is 0 Å². The Kier molecular flexibility index (Phi) is 10.3. The highest BCUT2D eigenvalue weighted by Crippen LogP contribution is 2.48. The quantitative estimate of drug-likeness (QED) is 0.228. The van der Waals surface area contributed by atoms with Crippen LogP contribution in [0, 0.1) is 5.41 Å². The first-order valence-electron chi connectivity index (χ1n) is 22.2. The smallest absolute Gasteiger partial charge is 0.262 e. The van der Waals surface area contributed by atoms with Crippen molar-refractivity contribution < 1.29 is 29.1 Å². The average Bonchev–Trinajstić information content (AvgIpc) is 3.38. The zero-order valence-corrected chi connectivity index (χ0v) is 34.6. The molecule has 0 aromatic heterocycles. The molecular formula is C50H53N5O6. The van der Waals surface area contributed by atoms with Gasteiger partial charge in [-0.15, -0.1) is 0 Å². The summed E-state index contributed by atoms with van der Waals surface area (Å²) in [6.45, 7) is 5.29. The molecule has 1 aliphatic carbocycles. The molecule has 61 heavy (non-hydrogen) atoms. The summed E-state index contributed by atoms with van der Waals surface area (Å²) in [7, 11) is 0. The molecule has 2 N–H and O–H groups in total. The zero-order valence-electron chi connectivity index (χ0n) is 34.6. The maximum absolute atomic E-state index is 13.7. The molecule has 3 fully saturated rings. The predicted octanol–water partition coefficient (Wildman–Crippen LogP) is 5.97. The molecule has 6 aliphatic rings. The molecule has 4 aromatic rings. The number of nitrogens with zero attached hydrogens (tertiary/aromatic N) is 4. The molecule has 0 bridgehead atoms. The maximum atomic E-state index is 13.7. The second-order valence-corrected chi connectivity index (χ2v) is 18.3. The fourth-order valence-corrected chi connectivity index (χ4v) is 11.3. The minimum Gasteiger partial charge on any atom is -0.508 e. The summed E-state index contributed by atoms with van der Waals surface area (Å²) in [6.07, 6.45) is 7.84. The lowest BCUT2D eigenvalue weighted by atomic mass is 9.69. The van der Waals surface area contributed by atoms with Crippen LogP contribution in [0.4, 0.5) is 5.69 Å². The summed E-state index contributed by atoms with van der Waals surface area (Å²) in [6, 6.07) is 28.6. The van der Waals surface area contributed by atoms with Gasteiger partial charge in [-0.05, 0) is 139 Å². The van der Waals surface area contributed by atoms with Crippen molar-refractivity contribution >= 4 is 35.2 Å². The zero-order chi connectivity index (χ0) is 41.8. The van der Waals surface area contributed by atoms with Gasteiger partial charge in [0.15, 0.2) is 0 Å². The molecule has 0 saturated carbocycles. The van der Waals surface area contributed by atoms with E-state index in [2.05, 4.69) is 80.7 Å². The van der Waals surface area contributed by atoms with Crippen LogP contribution >= 0.6 is 0 Å². The van der Waals surface area contributed by atoms with Crippen molar-refractivity contribution in [3.05, 3.63) is 129 Å². The highest BCUT2D eigenvalue weighted by Gasteiger charge is 2.45. The third-order valence-electron chi connectivity index (χ3n) is 14.9. The molecule has 4 aromatic carbocycles. The molecule has 0 radical (unpaired) electrons. The molecule has 11 nitrogen and oxygen atoms in total. The lowest BCUT2D eigenvalue weighted by Crippen LogP contribution is -2.54. The van der Waals surface area contributed by atoms with Gasteiger partial charge in [-0.2, -0.15) is 0 Å². The predicted molar refractivity (Wildman–Crippen MR) is 231 cm³/mol. The normalized spacial score (nSPS) is 23.9.